The second-order valence-corrected chi connectivity index (χ2v) is 9.68. The first kappa shape index (κ1) is 27.4. The van der Waals surface area contributed by atoms with Crippen molar-refractivity contribution in [2.75, 3.05) is 27.4 Å². The fourth-order valence-electron chi connectivity index (χ4n) is 3.32. The van der Waals surface area contributed by atoms with Crippen molar-refractivity contribution in [3.63, 3.8) is 0 Å². The number of hydrogen-bond acceptors (Lipinski definition) is 7. The van der Waals surface area contributed by atoms with Gasteiger partial charge in [-0.25, -0.2) is 13.8 Å². The molecule has 0 saturated heterocycles. The Morgan fingerprint density at radius 1 is 1.00 bits per heavy atom. The minimum atomic E-state index is -4.08. The topological polar surface area (TPSA) is 107 Å². The average Bonchev–Trinajstić information content (AvgIpc) is 2.92. The third-order valence-corrected chi connectivity index (χ3v) is 6.95. The molecule has 0 aliphatic carbocycles. The van der Waals surface area contributed by atoms with Gasteiger partial charge in [-0.15, -0.1) is 0 Å². The Labute approximate surface area is 217 Å². The standard InChI is InChI=1S/C27H29N3O6S/c1-4-16-36-23-12-10-21(11-13-23)18-28-29-27(31)20-30(19-22-8-6-5-7-9-22)37(32,33)24-14-15-25(34-2)26(17-24)35-3/h4-15,17-18H,1,16,19-20H2,2-3H3,(H,29,31)/b28-18-. The quantitative estimate of drug-likeness (QED) is 0.208. The van der Waals surface area contributed by atoms with Crippen molar-refractivity contribution in [2.45, 2.75) is 11.4 Å². The monoisotopic (exact) mass is 523 g/mol. The Bertz CT molecular complexity index is 1330. The number of rotatable bonds is 13. The molecule has 3 aromatic carbocycles. The average molecular weight is 524 g/mol. The van der Waals surface area contributed by atoms with E-state index in [1.807, 2.05) is 6.07 Å². The van der Waals surface area contributed by atoms with E-state index in [1.54, 1.807) is 54.6 Å². The van der Waals surface area contributed by atoms with Gasteiger partial charge in [0.1, 0.15) is 12.4 Å². The molecule has 0 fully saturated rings. The van der Waals surface area contributed by atoms with E-state index in [4.69, 9.17) is 14.2 Å². The number of carbonyl (C=O) groups excluding carboxylic acids is 1. The van der Waals surface area contributed by atoms with Crippen LogP contribution < -0.4 is 19.6 Å². The van der Waals surface area contributed by atoms with Gasteiger partial charge in [0, 0.05) is 12.6 Å². The molecule has 10 heteroatoms. The normalized spacial score (nSPS) is 11.3. The number of carbonyl (C=O) groups is 1. The maximum Gasteiger partial charge on any atom is 0.255 e. The first-order valence-electron chi connectivity index (χ1n) is 11.3. The lowest BCUT2D eigenvalue weighted by atomic mass is 10.2. The summed E-state index contributed by atoms with van der Waals surface area (Å²) in [5.41, 5.74) is 3.85. The maximum absolute atomic E-state index is 13.5. The lowest BCUT2D eigenvalue weighted by Crippen LogP contribution is -2.39. The highest BCUT2D eigenvalue weighted by Gasteiger charge is 2.28. The van der Waals surface area contributed by atoms with Crippen LogP contribution in [0.25, 0.3) is 0 Å². The number of amides is 1. The lowest BCUT2D eigenvalue weighted by Gasteiger charge is -2.22. The lowest BCUT2D eigenvalue weighted by molar-refractivity contribution is -0.121. The number of sulfonamides is 1. The van der Waals surface area contributed by atoms with E-state index < -0.39 is 22.5 Å². The summed E-state index contributed by atoms with van der Waals surface area (Å²) in [6.45, 7) is 3.54. The summed E-state index contributed by atoms with van der Waals surface area (Å²) in [5, 5.41) is 3.96. The van der Waals surface area contributed by atoms with Crippen LogP contribution in [0.3, 0.4) is 0 Å². The van der Waals surface area contributed by atoms with E-state index in [9.17, 15) is 13.2 Å². The van der Waals surface area contributed by atoms with Crippen LogP contribution in [0.15, 0.2) is 95.4 Å². The van der Waals surface area contributed by atoms with E-state index in [0.29, 0.717) is 18.1 Å². The van der Waals surface area contributed by atoms with Crippen molar-refractivity contribution in [1.82, 2.24) is 9.73 Å². The first-order valence-corrected chi connectivity index (χ1v) is 12.7. The number of ether oxygens (including phenoxy) is 3. The summed E-state index contributed by atoms with van der Waals surface area (Å²) in [6, 6.07) is 20.4. The van der Waals surface area contributed by atoms with Gasteiger partial charge in [-0.05, 0) is 47.5 Å². The number of hydrogen-bond donors (Lipinski definition) is 1. The van der Waals surface area contributed by atoms with Crippen LogP contribution in [0, 0.1) is 0 Å². The Morgan fingerprint density at radius 2 is 1.70 bits per heavy atom. The van der Waals surface area contributed by atoms with Crippen LogP contribution in [0.1, 0.15) is 11.1 Å². The zero-order valence-electron chi connectivity index (χ0n) is 20.7. The van der Waals surface area contributed by atoms with E-state index >= 15 is 0 Å². The molecule has 0 radical (unpaired) electrons. The molecule has 0 bridgehead atoms. The first-order chi connectivity index (χ1) is 17.9. The molecule has 9 nitrogen and oxygen atoms in total. The summed E-state index contributed by atoms with van der Waals surface area (Å²) >= 11 is 0. The highest BCUT2D eigenvalue weighted by molar-refractivity contribution is 7.89. The van der Waals surface area contributed by atoms with E-state index in [0.717, 1.165) is 15.4 Å². The number of methoxy groups -OCH3 is 2. The molecular weight excluding hydrogens is 494 g/mol. The number of hydrazone groups is 1. The van der Waals surface area contributed by atoms with Gasteiger partial charge in [-0.3, -0.25) is 4.79 Å². The van der Waals surface area contributed by atoms with Crippen molar-refractivity contribution in [3.8, 4) is 17.2 Å². The van der Waals surface area contributed by atoms with Gasteiger partial charge in [-0.1, -0.05) is 43.0 Å². The minimum absolute atomic E-state index is 0.0131. The molecule has 3 rings (SSSR count). The number of benzene rings is 3. The Kier molecular flexibility index (Phi) is 9.82. The molecule has 1 amide bonds. The van der Waals surface area contributed by atoms with Crippen LogP contribution in [0.4, 0.5) is 0 Å². The van der Waals surface area contributed by atoms with Crippen LogP contribution >= 0.6 is 0 Å². The van der Waals surface area contributed by atoms with Crippen molar-refractivity contribution < 1.29 is 27.4 Å². The second kappa shape index (κ2) is 13.2. The number of nitrogens with one attached hydrogen (secondary N) is 1. The molecule has 0 aliphatic rings. The Hall–Kier alpha value is -4.15. The van der Waals surface area contributed by atoms with Crippen LogP contribution in [-0.4, -0.2) is 52.2 Å². The van der Waals surface area contributed by atoms with Gasteiger partial charge in [0.2, 0.25) is 10.0 Å². The molecule has 0 unspecified atom stereocenters. The zero-order chi connectivity index (χ0) is 26.7. The highest BCUT2D eigenvalue weighted by Crippen LogP contribution is 2.31. The van der Waals surface area contributed by atoms with Crippen molar-refractivity contribution in [2.24, 2.45) is 5.10 Å². The van der Waals surface area contributed by atoms with Gasteiger partial charge < -0.3 is 14.2 Å². The molecule has 1 N–H and O–H groups in total. The number of nitrogens with zero attached hydrogens (tertiary/aromatic N) is 2. The Morgan fingerprint density at radius 3 is 2.35 bits per heavy atom. The van der Waals surface area contributed by atoms with Gasteiger partial charge in [-0.2, -0.15) is 9.41 Å². The second-order valence-electron chi connectivity index (χ2n) is 7.74. The van der Waals surface area contributed by atoms with Gasteiger partial charge >= 0.3 is 0 Å². The molecule has 3 aromatic rings. The summed E-state index contributed by atoms with van der Waals surface area (Å²) < 4.78 is 44.0. The predicted octanol–water partition coefficient (Wildman–Crippen LogP) is 3.61. The van der Waals surface area contributed by atoms with Crippen molar-refractivity contribution in [3.05, 3.63) is 96.6 Å². The van der Waals surface area contributed by atoms with Gasteiger partial charge in [0.25, 0.3) is 5.91 Å². The molecule has 0 aliphatic heterocycles. The summed E-state index contributed by atoms with van der Waals surface area (Å²) in [7, 11) is -1.20. The van der Waals surface area contributed by atoms with Crippen molar-refractivity contribution >= 4 is 22.1 Å². The van der Waals surface area contributed by atoms with Crippen molar-refractivity contribution in [1.29, 1.82) is 0 Å². The maximum atomic E-state index is 13.5. The molecule has 0 spiro atoms. The van der Waals surface area contributed by atoms with Crippen LogP contribution in [0.5, 0.6) is 17.2 Å². The molecule has 37 heavy (non-hydrogen) atoms. The third-order valence-electron chi connectivity index (χ3n) is 5.17. The van der Waals surface area contributed by atoms with Crippen LogP contribution in [-0.2, 0) is 21.4 Å². The molecular formula is C27H29N3O6S. The van der Waals surface area contributed by atoms with E-state index in [1.165, 1.54) is 38.6 Å². The molecule has 0 atom stereocenters. The fourth-order valence-corrected chi connectivity index (χ4v) is 4.72. The molecule has 194 valence electrons. The minimum Gasteiger partial charge on any atom is -0.493 e. The van der Waals surface area contributed by atoms with Crippen LogP contribution in [0.2, 0.25) is 0 Å². The summed E-state index contributed by atoms with van der Waals surface area (Å²) in [6.07, 6.45) is 3.11. The molecule has 0 aromatic heterocycles. The molecule has 0 saturated carbocycles. The van der Waals surface area contributed by atoms with E-state index in [-0.39, 0.29) is 17.2 Å². The summed E-state index contributed by atoms with van der Waals surface area (Å²) in [5.74, 6) is 0.738. The SMILES string of the molecule is C=CCOc1ccc(/C=N\NC(=O)CN(Cc2ccccc2)S(=O)(=O)c2ccc(OC)c(OC)c2)cc1. The van der Waals surface area contributed by atoms with Gasteiger partial charge in [0.05, 0.1) is 31.9 Å². The Balaban J connectivity index is 1.76. The van der Waals surface area contributed by atoms with E-state index in [2.05, 4.69) is 17.1 Å². The highest BCUT2D eigenvalue weighted by atomic mass is 32.2. The van der Waals surface area contributed by atoms with Gasteiger partial charge in [0.15, 0.2) is 11.5 Å². The third kappa shape index (κ3) is 7.66. The summed E-state index contributed by atoms with van der Waals surface area (Å²) in [4.78, 5) is 12.7. The zero-order valence-corrected chi connectivity index (χ0v) is 21.5. The predicted molar refractivity (Wildman–Crippen MR) is 141 cm³/mol. The smallest absolute Gasteiger partial charge is 0.255 e. The largest absolute Gasteiger partial charge is 0.493 e. The molecule has 0 heterocycles. The fraction of sp³-hybridized carbons (Fsp3) is 0.185.